The molecule has 178 valence electrons. The van der Waals surface area contributed by atoms with E-state index < -0.39 is 27.6 Å². The fraction of sp³-hybridized carbons (Fsp3) is 0.435. The van der Waals surface area contributed by atoms with E-state index in [4.69, 9.17) is 0 Å². The monoisotopic (exact) mass is 481 g/mol. The summed E-state index contributed by atoms with van der Waals surface area (Å²) in [6, 6.07) is 13.9. The van der Waals surface area contributed by atoms with E-state index in [0.717, 1.165) is 17.7 Å². The molecule has 2 fully saturated rings. The van der Waals surface area contributed by atoms with Crippen LogP contribution in [0.15, 0.2) is 54.6 Å². The zero-order chi connectivity index (χ0) is 23.6. The van der Waals surface area contributed by atoms with E-state index in [1.54, 1.807) is 11.0 Å². The number of nitrogens with zero attached hydrogens (tertiary/aromatic N) is 3. The average Bonchev–Trinajstić information content (AvgIpc) is 2.80. The number of sulfone groups is 1. The molecule has 0 aliphatic carbocycles. The first-order chi connectivity index (χ1) is 15.6. The maximum absolute atomic E-state index is 13.6. The second kappa shape index (κ2) is 9.34. The molecular formula is C23H26F3N3O3S. The maximum atomic E-state index is 13.6. The van der Waals surface area contributed by atoms with Gasteiger partial charge < -0.3 is 9.80 Å². The van der Waals surface area contributed by atoms with Gasteiger partial charge in [0.1, 0.15) is 6.04 Å². The fourth-order valence-corrected chi connectivity index (χ4v) is 5.60. The number of hydrogen-bond acceptors (Lipinski definition) is 5. The van der Waals surface area contributed by atoms with Crippen LogP contribution >= 0.6 is 0 Å². The second-order valence-corrected chi connectivity index (χ2v) is 10.7. The van der Waals surface area contributed by atoms with Crippen molar-refractivity contribution in [2.75, 3.05) is 55.7 Å². The summed E-state index contributed by atoms with van der Waals surface area (Å²) < 4.78 is 63.0. The molecule has 2 heterocycles. The van der Waals surface area contributed by atoms with E-state index in [1.165, 1.54) is 6.07 Å². The molecular weight excluding hydrogens is 455 g/mol. The van der Waals surface area contributed by atoms with Crippen LogP contribution in [0.5, 0.6) is 0 Å². The van der Waals surface area contributed by atoms with Gasteiger partial charge in [-0.3, -0.25) is 9.69 Å². The molecule has 0 N–H and O–H groups in total. The van der Waals surface area contributed by atoms with Gasteiger partial charge in [-0.2, -0.15) is 13.2 Å². The third-order valence-corrected chi connectivity index (χ3v) is 7.83. The molecule has 1 unspecified atom stereocenters. The first-order valence-electron chi connectivity index (χ1n) is 10.8. The molecule has 0 bridgehead atoms. The highest BCUT2D eigenvalue weighted by Gasteiger charge is 2.36. The van der Waals surface area contributed by atoms with Crippen molar-refractivity contribution in [3.63, 3.8) is 0 Å². The zero-order valence-corrected chi connectivity index (χ0v) is 18.9. The lowest BCUT2D eigenvalue weighted by molar-refractivity contribution is -0.138. The Morgan fingerprint density at radius 1 is 0.848 bits per heavy atom. The lowest BCUT2D eigenvalue weighted by Crippen LogP contribution is -2.54. The SMILES string of the molecule is O=C(C(c1ccccc1)N1CCS(=O)(=O)CC1)N1CCN(c2cccc(C(F)(F)F)c2)CC1. The summed E-state index contributed by atoms with van der Waals surface area (Å²) in [5, 5.41) is 0. The first kappa shape index (κ1) is 23.6. The quantitative estimate of drug-likeness (QED) is 0.672. The molecule has 0 saturated carbocycles. The second-order valence-electron chi connectivity index (χ2n) is 8.36. The molecule has 0 spiro atoms. The number of benzene rings is 2. The minimum absolute atomic E-state index is 0.0208. The number of rotatable bonds is 4. The molecule has 4 rings (SSSR count). The van der Waals surface area contributed by atoms with Crippen LogP contribution in [0.4, 0.5) is 18.9 Å². The minimum Gasteiger partial charge on any atom is -0.368 e. The van der Waals surface area contributed by atoms with Gasteiger partial charge >= 0.3 is 6.18 Å². The van der Waals surface area contributed by atoms with Gasteiger partial charge in [0.25, 0.3) is 0 Å². The normalized spacial score (nSPS) is 20.5. The smallest absolute Gasteiger partial charge is 0.368 e. The van der Waals surface area contributed by atoms with Crippen LogP contribution in [0.1, 0.15) is 17.2 Å². The highest BCUT2D eigenvalue weighted by atomic mass is 32.2. The number of halogens is 3. The van der Waals surface area contributed by atoms with E-state index >= 15 is 0 Å². The zero-order valence-electron chi connectivity index (χ0n) is 18.0. The van der Waals surface area contributed by atoms with Gasteiger partial charge in [-0.15, -0.1) is 0 Å². The van der Waals surface area contributed by atoms with Gasteiger partial charge in [0.2, 0.25) is 5.91 Å². The highest BCUT2D eigenvalue weighted by molar-refractivity contribution is 7.91. The van der Waals surface area contributed by atoms with Crippen molar-refractivity contribution >= 4 is 21.4 Å². The first-order valence-corrected chi connectivity index (χ1v) is 12.7. The van der Waals surface area contributed by atoms with Crippen LogP contribution in [0.2, 0.25) is 0 Å². The van der Waals surface area contributed by atoms with Gasteiger partial charge in [0.15, 0.2) is 9.84 Å². The van der Waals surface area contributed by atoms with Crippen LogP contribution in [0, 0.1) is 0 Å². The Morgan fingerprint density at radius 2 is 1.48 bits per heavy atom. The summed E-state index contributed by atoms with van der Waals surface area (Å²) in [7, 11) is -3.09. The third-order valence-electron chi connectivity index (χ3n) is 6.22. The van der Waals surface area contributed by atoms with Crippen molar-refractivity contribution in [1.82, 2.24) is 9.80 Å². The molecule has 2 aromatic carbocycles. The van der Waals surface area contributed by atoms with Gasteiger partial charge in [-0.1, -0.05) is 36.4 Å². The van der Waals surface area contributed by atoms with Gasteiger partial charge in [-0.25, -0.2) is 8.42 Å². The van der Waals surface area contributed by atoms with Crippen LogP contribution in [-0.2, 0) is 20.8 Å². The molecule has 2 saturated heterocycles. The summed E-state index contributed by atoms with van der Waals surface area (Å²) in [5.74, 6) is -0.0657. The summed E-state index contributed by atoms with van der Waals surface area (Å²) in [6.45, 7) is 2.18. The lowest BCUT2D eigenvalue weighted by atomic mass is 10.0. The molecule has 1 atom stereocenters. The summed E-state index contributed by atoms with van der Waals surface area (Å²) in [6.07, 6.45) is -4.40. The molecule has 6 nitrogen and oxygen atoms in total. The predicted molar refractivity (Wildman–Crippen MR) is 120 cm³/mol. The van der Waals surface area contributed by atoms with E-state index in [1.807, 2.05) is 40.1 Å². The van der Waals surface area contributed by atoms with Crippen LogP contribution in [0.3, 0.4) is 0 Å². The standard InChI is InChI=1S/C23H26F3N3O3S/c24-23(25,26)19-7-4-8-20(17-19)27-9-11-29(12-10-27)22(30)21(18-5-2-1-3-6-18)28-13-15-33(31,32)16-14-28/h1-8,17,21H,9-16H2. The van der Waals surface area contributed by atoms with E-state index in [2.05, 4.69) is 0 Å². The Morgan fingerprint density at radius 3 is 2.09 bits per heavy atom. The van der Waals surface area contributed by atoms with Crippen molar-refractivity contribution < 1.29 is 26.4 Å². The van der Waals surface area contributed by atoms with E-state index in [0.29, 0.717) is 31.9 Å². The average molecular weight is 482 g/mol. The summed E-state index contributed by atoms with van der Waals surface area (Å²) >= 11 is 0. The van der Waals surface area contributed by atoms with Crippen molar-refractivity contribution in [2.45, 2.75) is 12.2 Å². The van der Waals surface area contributed by atoms with Crippen molar-refractivity contribution in [2.24, 2.45) is 0 Å². The molecule has 0 radical (unpaired) electrons. The molecule has 1 amide bonds. The van der Waals surface area contributed by atoms with E-state index in [-0.39, 0.29) is 30.5 Å². The number of hydrogen-bond donors (Lipinski definition) is 0. The Bertz CT molecular complexity index is 1070. The van der Waals surface area contributed by atoms with Crippen molar-refractivity contribution in [1.29, 1.82) is 0 Å². The Kier molecular flexibility index (Phi) is 6.67. The fourth-order valence-electron chi connectivity index (χ4n) is 4.37. The Labute approximate surface area is 191 Å². The molecule has 10 heteroatoms. The minimum atomic E-state index is -4.40. The predicted octanol–water partition coefficient (Wildman–Crippen LogP) is 2.83. The molecule has 0 aromatic heterocycles. The Balaban J connectivity index is 1.47. The van der Waals surface area contributed by atoms with Crippen molar-refractivity contribution in [3.8, 4) is 0 Å². The Hall–Kier alpha value is -2.59. The van der Waals surface area contributed by atoms with Gasteiger partial charge in [0.05, 0.1) is 17.1 Å². The van der Waals surface area contributed by atoms with Crippen LogP contribution < -0.4 is 4.90 Å². The topological polar surface area (TPSA) is 60.9 Å². The van der Waals surface area contributed by atoms with Crippen molar-refractivity contribution in [3.05, 3.63) is 65.7 Å². The maximum Gasteiger partial charge on any atom is 0.416 e. The van der Waals surface area contributed by atoms with Gasteiger partial charge in [0, 0.05) is 45.0 Å². The number of anilines is 1. The van der Waals surface area contributed by atoms with E-state index in [9.17, 15) is 26.4 Å². The number of carbonyl (C=O) groups is 1. The third kappa shape index (κ3) is 5.50. The molecule has 2 aliphatic heterocycles. The number of alkyl halides is 3. The summed E-state index contributed by atoms with van der Waals surface area (Å²) in [5.41, 5.74) is 0.600. The highest BCUT2D eigenvalue weighted by Crippen LogP contribution is 2.32. The number of carbonyl (C=O) groups excluding carboxylic acids is 1. The molecule has 33 heavy (non-hydrogen) atoms. The summed E-state index contributed by atoms with van der Waals surface area (Å²) in [4.78, 5) is 19.0. The molecule has 2 aliphatic rings. The van der Waals surface area contributed by atoms with Crippen LogP contribution in [0.25, 0.3) is 0 Å². The number of piperazine rings is 1. The number of amides is 1. The van der Waals surface area contributed by atoms with Crippen LogP contribution in [-0.4, -0.2) is 74.9 Å². The molecule has 2 aromatic rings. The lowest BCUT2D eigenvalue weighted by Gasteiger charge is -2.41. The largest absolute Gasteiger partial charge is 0.416 e. The van der Waals surface area contributed by atoms with Gasteiger partial charge in [-0.05, 0) is 23.8 Å².